The molecule has 96 valence electrons. The van der Waals surface area contributed by atoms with Crippen LogP contribution in [-0.2, 0) is 9.47 Å². The van der Waals surface area contributed by atoms with Gasteiger partial charge in [0, 0.05) is 32.9 Å². The number of ether oxygens (including phenoxy) is 2. The van der Waals surface area contributed by atoms with Crippen LogP contribution in [0.25, 0.3) is 0 Å². The highest BCUT2D eigenvalue weighted by Crippen LogP contribution is 2.27. The lowest BCUT2D eigenvalue weighted by molar-refractivity contribution is 0.102. The van der Waals surface area contributed by atoms with E-state index in [-0.39, 0.29) is 0 Å². The molecule has 0 aromatic rings. The van der Waals surface area contributed by atoms with Gasteiger partial charge in [-0.3, -0.25) is 0 Å². The molecular formula is C13H27NO2. The van der Waals surface area contributed by atoms with Crippen LogP contribution in [0.3, 0.4) is 0 Å². The maximum atomic E-state index is 5.51. The third-order valence-electron chi connectivity index (χ3n) is 3.46. The van der Waals surface area contributed by atoms with E-state index in [2.05, 4.69) is 12.2 Å². The van der Waals surface area contributed by atoms with Crippen LogP contribution in [0.2, 0.25) is 0 Å². The second kappa shape index (κ2) is 8.97. The molecule has 1 aliphatic carbocycles. The number of hydrogen-bond donors (Lipinski definition) is 1. The molecule has 1 fully saturated rings. The molecule has 0 amide bonds. The monoisotopic (exact) mass is 229 g/mol. The summed E-state index contributed by atoms with van der Waals surface area (Å²) in [5.41, 5.74) is 0. The van der Waals surface area contributed by atoms with Crippen molar-refractivity contribution in [3.8, 4) is 0 Å². The van der Waals surface area contributed by atoms with Crippen molar-refractivity contribution in [1.82, 2.24) is 5.32 Å². The quantitative estimate of drug-likeness (QED) is 0.615. The normalized spacial score (nSPS) is 19.1. The first-order valence-electron chi connectivity index (χ1n) is 6.64. The third-order valence-corrected chi connectivity index (χ3v) is 3.46. The van der Waals surface area contributed by atoms with E-state index in [0.717, 1.165) is 38.7 Å². The molecular weight excluding hydrogens is 202 g/mol. The van der Waals surface area contributed by atoms with Crippen molar-refractivity contribution < 1.29 is 9.47 Å². The van der Waals surface area contributed by atoms with E-state index in [1.807, 2.05) is 0 Å². The van der Waals surface area contributed by atoms with Crippen LogP contribution in [0.1, 0.15) is 39.0 Å². The van der Waals surface area contributed by atoms with Gasteiger partial charge in [0.1, 0.15) is 0 Å². The van der Waals surface area contributed by atoms with Gasteiger partial charge >= 0.3 is 0 Å². The first kappa shape index (κ1) is 13.9. The number of nitrogens with one attached hydrogen (secondary N) is 1. The highest BCUT2D eigenvalue weighted by molar-refractivity contribution is 4.76. The standard InChI is InChI=1S/C13H27NO2/c1-12(13-6-3-4-7-13)14-8-11-16-10-5-9-15-2/h12-14H,3-11H2,1-2H3/t12-/m0/s1. The number of rotatable bonds is 9. The molecule has 3 heteroatoms. The van der Waals surface area contributed by atoms with Gasteiger partial charge in [-0.1, -0.05) is 12.8 Å². The average Bonchev–Trinajstić information content (AvgIpc) is 2.81. The first-order valence-corrected chi connectivity index (χ1v) is 6.64. The lowest BCUT2D eigenvalue weighted by Crippen LogP contribution is -2.34. The summed E-state index contributed by atoms with van der Waals surface area (Å²) in [5, 5.41) is 3.56. The molecule has 16 heavy (non-hydrogen) atoms. The Balaban J connectivity index is 1.86. The van der Waals surface area contributed by atoms with E-state index in [0.29, 0.717) is 6.04 Å². The fourth-order valence-electron chi connectivity index (χ4n) is 2.39. The van der Waals surface area contributed by atoms with Crippen molar-refractivity contribution in [2.75, 3.05) is 33.5 Å². The molecule has 3 nitrogen and oxygen atoms in total. The van der Waals surface area contributed by atoms with E-state index in [9.17, 15) is 0 Å². The summed E-state index contributed by atoms with van der Waals surface area (Å²) in [7, 11) is 1.73. The van der Waals surface area contributed by atoms with Gasteiger partial charge in [0.15, 0.2) is 0 Å². The van der Waals surface area contributed by atoms with Gasteiger partial charge in [0.05, 0.1) is 6.61 Å². The molecule has 0 heterocycles. The molecule has 0 unspecified atom stereocenters. The van der Waals surface area contributed by atoms with Crippen LogP contribution < -0.4 is 5.32 Å². The van der Waals surface area contributed by atoms with E-state index in [4.69, 9.17) is 9.47 Å². The molecule has 1 rings (SSSR count). The van der Waals surface area contributed by atoms with Crippen molar-refractivity contribution in [3.05, 3.63) is 0 Å². The minimum atomic E-state index is 0.657. The summed E-state index contributed by atoms with van der Waals surface area (Å²) in [4.78, 5) is 0. The first-order chi connectivity index (χ1) is 7.84. The van der Waals surface area contributed by atoms with Crippen LogP contribution in [0.5, 0.6) is 0 Å². The predicted molar refractivity (Wildman–Crippen MR) is 66.7 cm³/mol. The summed E-state index contributed by atoms with van der Waals surface area (Å²) in [6.45, 7) is 5.71. The van der Waals surface area contributed by atoms with Crippen LogP contribution in [0.4, 0.5) is 0 Å². The van der Waals surface area contributed by atoms with E-state index >= 15 is 0 Å². The second-order valence-electron chi connectivity index (χ2n) is 4.75. The third kappa shape index (κ3) is 5.83. The molecule has 1 aliphatic rings. The van der Waals surface area contributed by atoms with Crippen molar-refractivity contribution in [1.29, 1.82) is 0 Å². The lowest BCUT2D eigenvalue weighted by atomic mass is 10.00. The summed E-state index contributed by atoms with van der Waals surface area (Å²) in [6.07, 6.45) is 6.65. The van der Waals surface area contributed by atoms with Gasteiger partial charge in [0.25, 0.3) is 0 Å². The average molecular weight is 229 g/mol. The Labute approximate surface area is 99.9 Å². The zero-order valence-electron chi connectivity index (χ0n) is 10.8. The topological polar surface area (TPSA) is 30.5 Å². The summed E-state index contributed by atoms with van der Waals surface area (Å²) < 4.78 is 10.5. The minimum absolute atomic E-state index is 0.657. The number of hydrogen-bond acceptors (Lipinski definition) is 3. The Bertz CT molecular complexity index is 158. The fourth-order valence-corrected chi connectivity index (χ4v) is 2.39. The van der Waals surface area contributed by atoms with Crippen molar-refractivity contribution in [2.45, 2.75) is 45.1 Å². The van der Waals surface area contributed by atoms with Gasteiger partial charge in [-0.15, -0.1) is 0 Å². The Morgan fingerprint density at radius 3 is 2.62 bits per heavy atom. The molecule has 0 aliphatic heterocycles. The van der Waals surface area contributed by atoms with Crippen LogP contribution >= 0.6 is 0 Å². The molecule has 1 saturated carbocycles. The largest absolute Gasteiger partial charge is 0.385 e. The molecule has 0 aromatic carbocycles. The van der Waals surface area contributed by atoms with Gasteiger partial charge in [-0.2, -0.15) is 0 Å². The number of methoxy groups -OCH3 is 1. The SMILES string of the molecule is COCCCOCCN[C@@H](C)C1CCCC1. The van der Waals surface area contributed by atoms with Crippen LogP contribution in [-0.4, -0.2) is 39.5 Å². The van der Waals surface area contributed by atoms with E-state index in [1.54, 1.807) is 7.11 Å². The van der Waals surface area contributed by atoms with Crippen molar-refractivity contribution in [3.63, 3.8) is 0 Å². The lowest BCUT2D eigenvalue weighted by Gasteiger charge is -2.20. The maximum Gasteiger partial charge on any atom is 0.0591 e. The van der Waals surface area contributed by atoms with Crippen molar-refractivity contribution >= 4 is 0 Å². The minimum Gasteiger partial charge on any atom is -0.385 e. The van der Waals surface area contributed by atoms with Gasteiger partial charge in [-0.05, 0) is 32.1 Å². The summed E-state index contributed by atoms with van der Waals surface area (Å²) in [6, 6.07) is 0.657. The molecule has 0 spiro atoms. The van der Waals surface area contributed by atoms with Crippen molar-refractivity contribution in [2.24, 2.45) is 5.92 Å². The van der Waals surface area contributed by atoms with Crippen LogP contribution in [0, 0.1) is 5.92 Å². The zero-order valence-corrected chi connectivity index (χ0v) is 10.8. The Hall–Kier alpha value is -0.120. The molecule has 0 bridgehead atoms. The molecule has 0 aromatic heterocycles. The fraction of sp³-hybridized carbons (Fsp3) is 1.00. The Kier molecular flexibility index (Phi) is 7.81. The van der Waals surface area contributed by atoms with E-state index < -0.39 is 0 Å². The Morgan fingerprint density at radius 2 is 1.94 bits per heavy atom. The maximum absolute atomic E-state index is 5.51. The zero-order chi connectivity index (χ0) is 11.6. The smallest absolute Gasteiger partial charge is 0.0591 e. The van der Waals surface area contributed by atoms with Gasteiger partial charge in [-0.25, -0.2) is 0 Å². The van der Waals surface area contributed by atoms with E-state index in [1.165, 1.54) is 25.7 Å². The van der Waals surface area contributed by atoms with Gasteiger partial charge < -0.3 is 14.8 Å². The predicted octanol–water partition coefficient (Wildman–Crippen LogP) is 2.21. The molecule has 0 saturated heterocycles. The second-order valence-corrected chi connectivity index (χ2v) is 4.75. The summed E-state index contributed by atoms with van der Waals surface area (Å²) in [5.74, 6) is 0.897. The molecule has 1 atom stereocenters. The highest BCUT2D eigenvalue weighted by Gasteiger charge is 2.20. The van der Waals surface area contributed by atoms with Crippen LogP contribution in [0.15, 0.2) is 0 Å². The highest BCUT2D eigenvalue weighted by atomic mass is 16.5. The Morgan fingerprint density at radius 1 is 1.19 bits per heavy atom. The summed E-state index contributed by atoms with van der Waals surface area (Å²) >= 11 is 0. The molecule has 1 N–H and O–H groups in total. The molecule has 0 radical (unpaired) electrons. The van der Waals surface area contributed by atoms with Gasteiger partial charge in [0.2, 0.25) is 0 Å².